The predicted octanol–water partition coefficient (Wildman–Crippen LogP) is 3.68. The van der Waals surface area contributed by atoms with Gasteiger partial charge in [-0.05, 0) is 56.1 Å². The van der Waals surface area contributed by atoms with Crippen LogP contribution < -0.4 is 10.1 Å². The van der Waals surface area contributed by atoms with E-state index in [0.717, 1.165) is 17.9 Å². The molecule has 138 valence electrons. The lowest BCUT2D eigenvalue weighted by Crippen LogP contribution is -2.24. The van der Waals surface area contributed by atoms with Gasteiger partial charge in [0.2, 0.25) is 5.91 Å². The molecule has 0 aliphatic carbocycles. The highest BCUT2D eigenvalue weighted by molar-refractivity contribution is 5.76. The first-order valence-corrected chi connectivity index (χ1v) is 9.45. The molecule has 1 amide bonds. The third kappa shape index (κ3) is 5.88. The van der Waals surface area contributed by atoms with Crippen molar-refractivity contribution in [1.82, 2.24) is 10.2 Å². The fraction of sp³-hybridized carbons (Fsp3) is 0.409. The van der Waals surface area contributed by atoms with E-state index in [1.165, 1.54) is 37.1 Å². The van der Waals surface area contributed by atoms with Gasteiger partial charge in [0.25, 0.3) is 0 Å². The molecule has 1 aliphatic rings. The average Bonchev–Trinajstić information content (AvgIpc) is 3.16. The normalized spacial score (nSPS) is 14.3. The van der Waals surface area contributed by atoms with Crippen LogP contribution in [0.25, 0.3) is 0 Å². The van der Waals surface area contributed by atoms with Gasteiger partial charge in [0.15, 0.2) is 0 Å². The van der Waals surface area contributed by atoms with E-state index in [1.54, 1.807) is 0 Å². The summed E-state index contributed by atoms with van der Waals surface area (Å²) in [4.78, 5) is 14.5. The number of aryl methyl sites for hydroxylation is 1. The number of hydrogen-bond acceptors (Lipinski definition) is 3. The highest BCUT2D eigenvalue weighted by Crippen LogP contribution is 2.14. The number of nitrogens with zero attached hydrogens (tertiary/aromatic N) is 1. The Morgan fingerprint density at radius 3 is 2.35 bits per heavy atom. The van der Waals surface area contributed by atoms with Gasteiger partial charge in [0.1, 0.15) is 5.75 Å². The molecule has 1 N–H and O–H groups in total. The molecule has 3 rings (SSSR count). The molecule has 2 aromatic rings. The van der Waals surface area contributed by atoms with Crippen molar-refractivity contribution >= 4 is 5.91 Å². The van der Waals surface area contributed by atoms with Crippen LogP contribution in [0.2, 0.25) is 0 Å². The van der Waals surface area contributed by atoms with Gasteiger partial charge in [-0.25, -0.2) is 0 Å². The van der Waals surface area contributed by atoms with Crippen LogP contribution in [0.5, 0.6) is 5.75 Å². The smallest absolute Gasteiger partial charge is 0.223 e. The predicted molar refractivity (Wildman–Crippen MR) is 104 cm³/mol. The molecule has 0 bridgehead atoms. The van der Waals surface area contributed by atoms with Crippen molar-refractivity contribution in [2.45, 2.75) is 39.3 Å². The summed E-state index contributed by atoms with van der Waals surface area (Å²) in [5.74, 6) is 0.815. The molecule has 0 atom stereocenters. The Morgan fingerprint density at radius 1 is 1.00 bits per heavy atom. The minimum Gasteiger partial charge on any atom is -0.493 e. The number of carbonyl (C=O) groups excluding carboxylic acids is 1. The Morgan fingerprint density at radius 2 is 1.65 bits per heavy atom. The number of ether oxygens (including phenoxy) is 1. The van der Waals surface area contributed by atoms with Crippen LogP contribution in [0.3, 0.4) is 0 Å². The minimum absolute atomic E-state index is 0.0123. The Bertz CT molecular complexity index is 689. The van der Waals surface area contributed by atoms with Crippen LogP contribution in [0, 0.1) is 6.92 Å². The average molecular weight is 352 g/mol. The lowest BCUT2D eigenvalue weighted by molar-refractivity contribution is -0.121. The topological polar surface area (TPSA) is 41.6 Å². The van der Waals surface area contributed by atoms with Crippen LogP contribution in [-0.4, -0.2) is 30.5 Å². The Balaban J connectivity index is 1.35. The number of hydrogen-bond donors (Lipinski definition) is 1. The molecule has 1 saturated heterocycles. The summed E-state index contributed by atoms with van der Waals surface area (Å²) in [5, 5.41) is 2.96. The monoisotopic (exact) mass is 352 g/mol. The molecular weight excluding hydrogens is 324 g/mol. The van der Waals surface area contributed by atoms with Crippen LogP contribution in [0.4, 0.5) is 0 Å². The Kier molecular flexibility index (Phi) is 6.67. The van der Waals surface area contributed by atoms with Gasteiger partial charge < -0.3 is 10.1 Å². The van der Waals surface area contributed by atoms with E-state index < -0.39 is 0 Å². The first-order chi connectivity index (χ1) is 12.7. The van der Waals surface area contributed by atoms with Gasteiger partial charge in [0.05, 0.1) is 13.0 Å². The van der Waals surface area contributed by atoms with Gasteiger partial charge in [-0.1, -0.05) is 42.0 Å². The fourth-order valence-corrected chi connectivity index (χ4v) is 3.15. The van der Waals surface area contributed by atoms with E-state index >= 15 is 0 Å². The van der Waals surface area contributed by atoms with E-state index in [0.29, 0.717) is 19.6 Å². The summed E-state index contributed by atoms with van der Waals surface area (Å²) >= 11 is 0. The number of likely N-dealkylation sites (tertiary alicyclic amines) is 1. The maximum atomic E-state index is 12.0. The number of amides is 1. The number of benzene rings is 2. The summed E-state index contributed by atoms with van der Waals surface area (Å²) in [6.45, 7) is 6.45. The molecular formula is C22H28N2O2. The third-order valence-electron chi connectivity index (χ3n) is 4.74. The molecule has 4 heteroatoms. The molecule has 2 aromatic carbocycles. The highest BCUT2D eigenvalue weighted by Gasteiger charge is 2.11. The molecule has 0 aromatic heterocycles. The van der Waals surface area contributed by atoms with Gasteiger partial charge in [-0.15, -0.1) is 0 Å². The van der Waals surface area contributed by atoms with E-state index in [9.17, 15) is 4.79 Å². The van der Waals surface area contributed by atoms with Crippen LogP contribution in [0.15, 0.2) is 48.5 Å². The maximum absolute atomic E-state index is 12.0. The molecule has 4 nitrogen and oxygen atoms in total. The lowest BCUT2D eigenvalue weighted by Gasteiger charge is -2.14. The van der Waals surface area contributed by atoms with Gasteiger partial charge in [-0.2, -0.15) is 0 Å². The number of nitrogens with one attached hydrogen (secondary N) is 1. The number of rotatable bonds is 8. The highest BCUT2D eigenvalue weighted by atomic mass is 16.5. The summed E-state index contributed by atoms with van der Waals surface area (Å²) in [5.41, 5.74) is 3.66. The second-order valence-electron chi connectivity index (χ2n) is 6.99. The van der Waals surface area contributed by atoms with Crippen molar-refractivity contribution < 1.29 is 9.53 Å². The summed E-state index contributed by atoms with van der Waals surface area (Å²) in [7, 11) is 0. The van der Waals surface area contributed by atoms with Crippen molar-refractivity contribution in [2.24, 2.45) is 0 Å². The molecule has 26 heavy (non-hydrogen) atoms. The first kappa shape index (κ1) is 18.5. The molecule has 0 spiro atoms. The quantitative estimate of drug-likeness (QED) is 0.788. The Labute approximate surface area is 156 Å². The summed E-state index contributed by atoms with van der Waals surface area (Å²) in [6.07, 6.45) is 3.00. The van der Waals surface area contributed by atoms with E-state index in [-0.39, 0.29) is 5.91 Å². The van der Waals surface area contributed by atoms with Crippen molar-refractivity contribution in [1.29, 1.82) is 0 Å². The minimum atomic E-state index is 0.0123. The molecule has 1 heterocycles. The molecule has 1 fully saturated rings. The SMILES string of the molecule is Cc1ccc(OCCC(=O)NCc2ccc(CN3CCCC3)cc2)cc1. The second kappa shape index (κ2) is 9.39. The third-order valence-corrected chi connectivity index (χ3v) is 4.74. The maximum Gasteiger partial charge on any atom is 0.223 e. The summed E-state index contributed by atoms with van der Waals surface area (Å²) in [6, 6.07) is 16.4. The summed E-state index contributed by atoms with van der Waals surface area (Å²) < 4.78 is 5.60. The van der Waals surface area contributed by atoms with Crippen LogP contribution in [0.1, 0.15) is 36.0 Å². The van der Waals surface area contributed by atoms with Gasteiger partial charge in [-0.3, -0.25) is 9.69 Å². The number of carbonyl (C=O) groups is 1. The van der Waals surface area contributed by atoms with Gasteiger partial charge in [0, 0.05) is 13.1 Å². The largest absolute Gasteiger partial charge is 0.493 e. The molecule has 1 aliphatic heterocycles. The Hall–Kier alpha value is -2.33. The zero-order valence-electron chi connectivity index (χ0n) is 15.5. The van der Waals surface area contributed by atoms with Crippen molar-refractivity contribution in [3.05, 3.63) is 65.2 Å². The molecule has 0 unspecified atom stereocenters. The van der Waals surface area contributed by atoms with Gasteiger partial charge >= 0.3 is 0 Å². The van der Waals surface area contributed by atoms with E-state index in [2.05, 4.69) is 34.5 Å². The fourth-order valence-electron chi connectivity index (χ4n) is 3.15. The van der Waals surface area contributed by atoms with Crippen molar-refractivity contribution in [3.63, 3.8) is 0 Å². The zero-order chi connectivity index (χ0) is 18.2. The molecule has 0 radical (unpaired) electrons. The first-order valence-electron chi connectivity index (χ1n) is 9.45. The van der Waals surface area contributed by atoms with Crippen molar-refractivity contribution in [2.75, 3.05) is 19.7 Å². The lowest BCUT2D eigenvalue weighted by atomic mass is 10.1. The van der Waals surface area contributed by atoms with Crippen LogP contribution >= 0.6 is 0 Å². The zero-order valence-corrected chi connectivity index (χ0v) is 15.5. The standard InChI is InChI=1S/C22H28N2O2/c1-18-4-10-21(11-5-18)26-15-12-22(25)23-16-19-6-8-20(9-7-19)17-24-13-2-3-14-24/h4-11H,2-3,12-17H2,1H3,(H,23,25). The van der Waals surface area contributed by atoms with Crippen molar-refractivity contribution in [3.8, 4) is 5.75 Å². The van der Waals surface area contributed by atoms with E-state index in [1.807, 2.05) is 31.2 Å². The van der Waals surface area contributed by atoms with Crippen LogP contribution in [-0.2, 0) is 17.9 Å². The second-order valence-corrected chi connectivity index (χ2v) is 6.99. The van der Waals surface area contributed by atoms with E-state index in [4.69, 9.17) is 4.74 Å². The molecule has 0 saturated carbocycles.